The Bertz CT molecular complexity index is 805. The van der Waals surface area contributed by atoms with Crippen molar-refractivity contribution in [3.05, 3.63) is 54.1 Å². The van der Waals surface area contributed by atoms with Gasteiger partial charge in [0.2, 0.25) is 0 Å². The molecule has 0 bridgehead atoms. The smallest absolute Gasteiger partial charge is 0.279 e. The van der Waals surface area contributed by atoms with E-state index in [1.807, 2.05) is 25.1 Å². The van der Waals surface area contributed by atoms with Gasteiger partial charge in [0.25, 0.3) is 11.8 Å². The quantitative estimate of drug-likeness (QED) is 0.576. The highest BCUT2D eigenvalue weighted by Crippen LogP contribution is 2.26. The van der Waals surface area contributed by atoms with E-state index in [0.717, 1.165) is 28.3 Å². The van der Waals surface area contributed by atoms with Crippen LogP contribution in [0.1, 0.15) is 38.7 Å². The Morgan fingerprint density at radius 3 is 2.17 bits per heavy atom. The molecule has 29 heavy (non-hydrogen) atoms. The third kappa shape index (κ3) is 6.91. The van der Waals surface area contributed by atoms with Crippen LogP contribution in [-0.2, 0) is 9.59 Å². The van der Waals surface area contributed by atoms with Gasteiger partial charge in [-0.15, -0.1) is 0 Å². The lowest BCUT2D eigenvalue weighted by Gasteiger charge is -2.19. The number of carbonyl (C=O) groups excluding carboxylic acids is 2. The van der Waals surface area contributed by atoms with Crippen molar-refractivity contribution < 1.29 is 19.2 Å². The van der Waals surface area contributed by atoms with Gasteiger partial charge in [-0.05, 0) is 55.2 Å². The van der Waals surface area contributed by atoms with Gasteiger partial charge in [0.1, 0.15) is 5.75 Å². The van der Waals surface area contributed by atoms with Crippen LogP contribution in [0.4, 0.5) is 11.4 Å². The van der Waals surface area contributed by atoms with E-state index >= 15 is 0 Å². The van der Waals surface area contributed by atoms with Crippen LogP contribution in [0.5, 0.6) is 5.75 Å². The topological polar surface area (TPSA) is 71.9 Å². The van der Waals surface area contributed by atoms with E-state index in [1.165, 1.54) is 0 Å². The Labute approximate surface area is 173 Å². The molecule has 1 unspecified atom stereocenters. The first-order valence-corrected chi connectivity index (χ1v) is 10.1. The van der Waals surface area contributed by atoms with Gasteiger partial charge in [-0.1, -0.05) is 32.0 Å². The summed E-state index contributed by atoms with van der Waals surface area (Å²) in [4.78, 5) is 25.8. The van der Waals surface area contributed by atoms with Crippen LogP contribution in [0.2, 0.25) is 0 Å². The van der Waals surface area contributed by atoms with Crippen molar-refractivity contribution in [2.75, 3.05) is 37.4 Å². The number of anilines is 2. The van der Waals surface area contributed by atoms with Crippen molar-refractivity contribution in [3.63, 3.8) is 0 Å². The molecular formula is C23H32N3O3+. The van der Waals surface area contributed by atoms with Crippen molar-refractivity contribution in [2.24, 2.45) is 0 Å². The lowest BCUT2D eigenvalue weighted by Crippen LogP contribution is -3.13. The van der Waals surface area contributed by atoms with Gasteiger partial charge < -0.3 is 20.3 Å². The first-order chi connectivity index (χ1) is 14.0. The van der Waals surface area contributed by atoms with Crippen molar-refractivity contribution in [3.8, 4) is 5.75 Å². The normalized spacial score (nSPS) is 12.7. The number of carbonyl (C=O) groups is 2. The Balaban J connectivity index is 1.91. The molecule has 2 rings (SSSR count). The number of likely N-dealkylation sites (N-methyl/N-ethyl adjacent to an activating group) is 1. The lowest BCUT2D eigenvalue weighted by atomic mass is 9.97. The first-order valence-electron chi connectivity index (χ1n) is 10.1. The predicted octanol–water partition coefficient (Wildman–Crippen LogP) is 2.69. The second-order valence-electron chi connectivity index (χ2n) is 7.18. The minimum atomic E-state index is -0.125. The summed E-state index contributed by atoms with van der Waals surface area (Å²) in [5, 5.41) is 5.89. The summed E-state index contributed by atoms with van der Waals surface area (Å²) in [5.41, 5.74) is 2.70. The van der Waals surface area contributed by atoms with Crippen molar-refractivity contribution in [2.45, 2.75) is 33.1 Å². The minimum absolute atomic E-state index is 0.0881. The molecule has 0 aromatic heterocycles. The molecule has 2 amide bonds. The van der Waals surface area contributed by atoms with E-state index in [4.69, 9.17) is 4.74 Å². The molecule has 2 atom stereocenters. The van der Waals surface area contributed by atoms with Crippen LogP contribution in [0.25, 0.3) is 0 Å². The summed E-state index contributed by atoms with van der Waals surface area (Å²) in [6.07, 6.45) is 1.00. The number of hydrogen-bond acceptors (Lipinski definition) is 3. The number of quaternary nitrogens is 1. The number of methoxy groups -OCH3 is 1. The first kappa shape index (κ1) is 22.4. The molecule has 0 heterocycles. The zero-order chi connectivity index (χ0) is 21.2. The maximum Gasteiger partial charge on any atom is 0.279 e. The number of nitrogens with one attached hydrogen (secondary N) is 3. The Morgan fingerprint density at radius 1 is 0.966 bits per heavy atom. The third-order valence-corrected chi connectivity index (χ3v) is 5.07. The summed E-state index contributed by atoms with van der Waals surface area (Å²) in [6, 6.07) is 15.1. The highest BCUT2D eigenvalue weighted by atomic mass is 16.5. The largest absolute Gasteiger partial charge is 0.497 e. The van der Waals surface area contributed by atoms with E-state index in [0.29, 0.717) is 18.2 Å². The average Bonchev–Trinajstić information content (AvgIpc) is 2.73. The van der Waals surface area contributed by atoms with Crippen LogP contribution < -0.4 is 20.3 Å². The van der Waals surface area contributed by atoms with E-state index in [1.54, 1.807) is 31.4 Å². The average molecular weight is 399 g/mol. The molecule has 0 aliphatic carbocycles. The van der Waals surface area contributed by atoms with Gasteiger partial charge in [-0.3, -0.25) is 9.59 Å². The third-order valence-electron chi connectivity index (χ3n) is 5.07. The number of ether oxygens (including phenoxy) is 1. The van der Waals surface area contributed by atoms with Crippen molar-refractivity contribution in [1.82, 2.24) is 0 Å². The molecule has 0 radical (unpaired) electrons. The molecule has 2 aromatic carbocycles. The zero-order valence-corrected chi connectivity index (χ0v) is 17.7. The number of benzene rings is 2. The molecule has 0 aliphatic rings. The van der Waals surface area contributed by atoms with Gasteiger partial charge in [-0.25, -0.2) is 0 Å². The second-order valence-corrected chi connectivity index (χ2v) is 7.18. The highest BCUT2D eigenvalue weighted by Gasteiger charge is 2.18. The van der Waals surface area contributed by atoms with Gasteiger partial charge in [-0.2, -0.15) is 0 Å². The standard InChI is InChI=1S/C23H31N3O3/c1-5-17(3)20-9-7-8-10-21(20)25-23(28)16-26(6-2)15-22(27)24-18-11-13-19(29-4)14-12-18/h7-14,17H,5-6,15-16H2,1-4H3,(H,24,27)(H,25,28)/p+1/t17-/m0/s1. The Morgan fingerprint density at radius 2 is 1.59 bits per heavy atom. The molecule has 0 fully saturated rings. The molecule has 156 valence electrons. The maximum atomic E-state index is 12.6. The number of amides is 2. The fourth-order valence-electron chi connectivity index (χ4n) is 3.10. The van der Waals surface area contributed by atoms with Crippen LogP contribution in [0, 0.1) is 0 Å². The number of para-hydroxylation sites is 1. The second kappa shape index (κ2) is 11.2. The van der Waals surface area contributed by atoms with E-state index in [2.05, 4.69) is 30.5 Å². The van der Waals surface area contributed by atoms with E-state index in [9.17, 15) is 9.59 Å². The fourth-order valence-corrected chi connectivity index (χ4v) is 3.10. The van der Waals surface area contributed by atoms with E-state index in [-0.39, 0.29) is 24.9 Å². The molecule has 0 saturated carbocycles. The molecular weight excluding hydrogens is 366 g/mol. The molecule has 0 saturated heterocycles. The summed E-state index contributed by atoms with van der Waals surface area (Å²) in [7, 11) is 1.60. The molecule has 6 nitrogen and oxygen atoms in total. The Kier molecular flexibility index (Phi) is 8.68. The summed E-state index contributed by atoms with van der Waals surface area (Å²) in [6.45, 7) is 7.39. The number of hydrogen-bond donors (Lipinski definition) is 3. The van der Waals surface area contributed by atoms with Crippen molar-refractivity contribution in [1.29, 1.82) is 0 Å². The van der Waals surface area contributed by atoms with Crippen LogP contribution in [0.3, 0.4) is 0 Å². The molecule has 3 N–H and O–H groups in total. The lowest BCUT2D eigenvalue weighted by molar-refractivity contribution is -0.881. The molecule has 6 heteroatoms. The molecule has 0 aliphatic heterocycles. The zero-order valence-electron chi connectivity index (χ0n) is 17.7. The predicted molar refractivity (Wildman–Crippen MR) is 117 cm³/mol. The molecule has 2 aromatic rings. The number of rotatable bonds is 10. The minimum Gasteiger partial charge on any atom is -0.497 e. The van der Waals surface area contributed by atoms with E-state index < -0.39 is 0 Å². The SMILES string of the molecule is CC[C@H](C)c1ccccc1NC(=O)C[NH+](CC)CC(=O)Nc1ccc(OC)cc1. The molecule has 0 spiro atoms. The fraction of sp³-hybridized carbons (Fsp3) is 0.391. The summed E-state index contributed by atoms with van der Waals surface area (Å²) >= 11 is 0. The summed E-state index contributed by atoms with van der Waals surface area (Å²) in [5.74, 6) is 0.893. The Hall–Kier alpha value is -2.86. The van der Waals surface area contributed by atoms with Gasteiger partial charge in [0.05, 0.1) is 13.7 Å². The highest BCUT2D eigenvalue weighted by molar-refractivity contribution is 5.93. The van der Waals surface area contributed by atoms with Crippen LogP contribution in [-0.4, -0.2) is 38.6 Å². The van der Waals surface area contributed by atoms with Gasteiger partial charge in [0, 0.05) is 11.4 Å². The van der Waals surface area contributed by atoms with Crippen LogP contribution in [0.15, 0.2) is 48.5 Å². The summed E-state index contributed by atoms with van der Waals surface area (Å²) < 4.78 is 5.12. The van der Waals surface area contributed by atoms with Crippen LogP contribution >= 0.6 is 0 Å². The van der Waals surface area contributed by atoms with Gasteiger partial charge >= 0.3 is 0 Å². The maximum absolute atomic E-state index is 12.6. The monoisotopic (exact) mass is 398 g/mol. The van der Waals surface area contributed by atoms with Crippen molar-refractivity contribution >= 4 is 23.2 Å². The van der Waals surface area contributed by atoms with Gasteiger partial charge in [0.15, 0.2) is 13.1 Å².